The van der Waals surface area contributed by atoms with E-state index in [0.717, 1.165) is 5.76 Å². The Bertz CT molecular complexity index is 472. The monoisotopic (exact) mass is 296 g/mol. The summed E-state index contributed by atoms with van der Waals surface area (Å²) in [6.07, 6.45) is -0.474. The van der Waals surface area contributed by atoms with E-state index in [1.54, 1.807) is 4.90 Å². The van der Waals surface area contributed by atoms with Gasteiger partial charge in [0.15, 0.2) is 0 Å². The highest BCUT2D eigenvalue weighted by molar-refractivity contribution is 5.94. The van der Waals surface area contributed by atoms with E-state index in [0.29, 0.717) is 38.7 Å². The van der Waals surface area contributed by atoms with Gasteiger partial charge in [0, 0.05) is 25.7 Å². The number of ether oxygens (including phenoxy) is 1. The lowest BCUT2D eigenvalue weighted by Crippen LogP contribution is -2.52. The average Bonchev–Trinajstić information content (AvgIpc) is 2.83. The maximum atomic E-state index is 12.2. The van der Waals surface area contributed by atoms with Crippen molar-refractivity contribution in [1.29, 1.82) is 0 Å². The van der Waals surface area contributed by atoms with Crippen LogP contribution in [0.5, 0.6) is 0 Å². The summed E-state index contributed by atoms with van der Waals surface area (Å²) in [6.45, 7) is 8.04. The third kappa shape index (κ3) is 4.56. The second kappa shape index (κ2) is 7.06. The predicted molar refractivity (Wildman–Crippen MR) is 79.3 cm³/mol. The highest BCUT2D eigenvalue weighted by atomic mass is 16.5. The van der Waals surface area contributed by atoms with Crippen molar-refractivity contribution in [2.75, 3.05) is 37.7 Å². The molecule has 6 nitrogen and oxygen atoms in total. The lowest BCUT2D eigenvalue weighted by atomic mass is 10.2. The summed E-state index contributed by atoms with van der Waals surface area (Å²) in [7, 11) is 0. The normalized spacial score (nSPS) is 18.5. The van der Waals surface area contributed by atoms with E-state index in [1.807, 2.05) is 37.8 Å². The molecule has 1 saturated heterocycles. The number of rotatable bonds is 6. The topological polar surface area (TPSA) is 66.2 Å². The van der Waals surface area contributed by atoms with Gasteiger partial charge in [-0.2, -0.15) is 0 Å². The highest BCUT2D eigenvalue weighted by Gasteiger charge is 2.27. The largest absolute Gasteiger partial charge is 0.445 e. The number of nitrogens with zero attached hydrogens (tertiary/aromatic N) is 2. The van der Waals surface area contributed by atoms with Gasteiger partial charge >= 0.3 is 0 Å². The van der Waals surface area contributed by atoms with Crippen molar-refractivity contribution in [3.05, 3.63) is 17.9 Å². The van der Waals surface area contributed by atoms with Gasteiger partial charge in [0.25, 0.3) is 0 Å². The van der Waals surface area contributed by atoms with E-state index < -0.39 is 6.10 Å². The summed E-state index contributed by atoms with van der Waals surface area (Å²) in [5.41, 5.74) is 0. The lowest BCUT2D eigenvalue weighted by Gasteiger charge is -2.33. The molecule has 1 fully saturated rings. The van der Waals surface area contributed by atoms with Crippen molar-refractivity contribution in [3.8, 4) is 0 Å². The zero-order valence-corrected chi connectivity index (χ0v) is 12.9. The number of amides is 1. The van der Waals surface area contributed by atoms with Crippen LogP contribution in [0.3, 0.4) is 0 Å². The molecule has 0 aliphatic carbocycles. The lowest BCUT2D eigenvalue weighted by molar-refractivity contribution is -0.122. The Hall–Kier alpha value is -1.37. The van der Waals surface area contributed by atoms with Crippen LogP contribution in [0.2, 0.25) is 0 Å². The SMILES string of the molecule is Cc1ccc(N2CCN(CC(O)COC(C)C)CC2=O)o1. The molecule has 21 heavy (non-hydrogen) atoms. The highest BCUT2D eigenvalue weighted by Crippen LogP contribution is 2.20. The number of hydrogen-bond acceptors (Lipinski definition) is 5. The fraction of sp³-hybridized carbons (Fsp3) is 0.667. The number of anilines is 1. The molecule has 1 aromatic rings. The maximum absolute atomic E-state index is 12.2. The molecular weight excluding hydrogens is 272 g/mol. The molecule has 1 unspecified atom stereocenters. The van der Waals surface area contributed by atoms with Crippen LogP contribution in [0.1, 0.15) is 19.6 Å². The number of piperazine rings is 1. The van der Waals surface area contributed by atoms with Gasteiger partial charge in [-0.05, 0) is 26.8 Å². The van der Waals surface area contributed by atoms with Gasteiger partial charge in [-0.1, -0.05) is 0 Å². The van der Waals surface area contributed by atoms with Crippen LogP contribution in [-0.2, 0) is 9.53 Å². The Morgan fingerprint density at radius 2 is 2.14 bits per heavy atom. The molecule has 0 spiro atoms. The summed E-state index contributed by atoms with van der Waals surface area (Å²) >= 11 is 0. The molecule has 0 saturated carbocycles. The summed E-state index contributed by atoms with van der Waals surface area (Å²) in [6, 6.07) is 3.66. The van der Waals surface area contributed by atoms with Crippen LogP contribution in [0.4, 0.5) is 5.88 Å². The van der Waals surface area contributed by atoms with Crippen LogP contribution in [0.15, 0.2) is 16.5 Å². The van der Waals surface area contributed by atoms with Gasteiger partial charge in [-0.3, -0.25) is 14.6 Å². The van der Waals surface area contributed by atoms with E-state index in [-0.39, 0.29) is 12.0 Å². The van der Waals surface area contributed by atoms with Crippen molar-refractivity contribution in [2.24, 2.45) is 0 Å². The molecule has 0 bridgehead atoms. The molecule has 1 aromatic heterocycles. The first kappa shape index (κ1) is 16.0. The quantitative estimate of drug-likeness (QED) is 0.849. The fourth-order valence-electron chi connectivity index (χ4n) is 2.33. The number of β-amino-alcohol motifs (C(OH)–C–C–N with tert-alkyl or cyclic N) is 1. The number of aryl methyl sites for hydroxylation is 1. The van der Waals surface area contributed by atoms with Gasteiger partial charge < -0.3 is 14.3 Å². The van der Waals surface area contributed by atoms with Gasteiger partial charge in [0.2, 0.25) is 11.8 Å². The Morgan fingerprint density at radius 3 is 2.71 bits per heavy atom. The number of carbonyl (C=O) groups excluding carboxylic acids is 1. The van der Waals surface area contributed by atoms with Gasteiger partial charge in [0.1, 0.15) is 5.76 Å². The second-order valence-electron chi connectivity index (χ2n) is 5.70. The zero-order chi connectivity index (χ0) is 15.4. The van der Waals surface area contributed by atoms with Crippen molar-refractivity contribution in [3.63, 3.8) is 0 Å². The molecule has 1 aliphatic rings. The minimum atomic E-state index is -0.572. The first-order valence-corrected chi connectivity index (χ1v) is 7.34. The van der Waals surface area contributed by atoms with E-state index in [2.05, 4.69) is 0 Å². The number of furan rings is 1. The van der Waals surface area contributed by atoms with Crippen molar-refractivity contribution in [1.82, 2.24) is 4.90 Å². The molecule has 6 heteroatoms. The molecule has 1 amide bonds. The molecular formula is C15H24N2O4. The van der Waals surface area contributed by atoms with Crippen LogP contribution >= 0.6 is 0 Å². The van der Waals surface area contributed by atoms with Crippen LogP contribution < -0.4 is 4.90 Å². The summed E-state index contributed by atoms with van der Waals surface area (Å²) in [4.78, 5) is 15.8. The van der Waals surface area contributed by atoms with Crippen molar-refractivity contribution >= 4 is 11.8 Å². The van der Waals surface area contributed by atoms with E-state index in [9.17, 15) is 9.90 Å². The Balaban J connectivity index is 1.82. The van der Waals surface area contributed by atoms with Crippen LogP contribution in [-0.4, -0.2) is 60.9 Å². The molecule has 1 atom stereocenters. The number of carbonyl (C=O) groups is 1. The Kier molecular flexibility index (Phi) is 5.39. The third-order valence-corrected chi connectivity index (χ3v) is 3.38. The molecule has 1 N–H and O–H groups in total. The maximum Gasteiger partial charge on any atom is 0.243 e. The first-order chi connectivity index (χ1) is 9.95. The predicted octanol–water partition coefficient (Wildman–Crippen LogP) is 1.02. The van der Waals surface area contributed by atoms with E-state index in [4.69, 9.17) is 9.15 Å². The van der Waals surface area contributed by atoms with Crippen LogP contribution in [0.25, 0.3) is 0 Å². The minimum Gasteiger partial charge on any atom is -0.445 e. The molecule has 1 aliphatic heterocycles. The molecule has 0 aromatic carbocycles. The number of aliphatic hydroxyl groups excluding tert-OH is 1. The van der Waals surface area contributed by atoms with Crippen molar-refractivity contribution in [2.45, 2.75) is 33.0 Å². The summed E-state index contributed by atoms with van der Waals surface area (Å²) < 4.78 is 10.9. The van der Waals surface area contributed by atoms with E-state index in [1.165, 1.54) is 0 Å². The smallest absolute Gasteiger partial charge is 0.243 e. The Labute approximate surface area is 125 Å². The zero-order valence-electron chi connectivity index (χ0n) is 12.9. The fourth-order valence-corrected chi connectivity index (χ4v) is 2.33. The van der Waals surface area contributed by atoms with Crippen LogP contribution in [0, 0.1) is 6.92 Å². The minimum absolute atomic E-state index is 0.00687. The third-order valence-electron chi connectivity index (χ3n) is 3.38. The first-order valence-electron chi connectivity index (χ1n) is 7.34. The summed E-state index contributed by atoms with van der Waals surface area (Å²) in [5, 5.41) is 9.91. The summed E-state index contributed by atoms with van der Waals surface area (Å²) in [5.74, 6) is 1.38. The van der Waals surface area contributed by atoms with Gasteiger partial charge in [-0.15, -0.1) is 0 Å². The molecule has 0 radical (unpaired) electrons. The molecule has 118 valence electrons. The standard InChI is InChI=1S/C15H24N2O4/c1-11(2)20-10-13(18)8-16-6-7-17(14(19)9-16)15-5-4-12(3)21-15/h4-5,11,13,18H,6-10H2,1-3H3. The van der Waals surface area contributed by atoms with E-state index >= 15 is 0 Å². The number of hydrogen-bond donors (Lipinski definition) is 1. The average molecular weight is 296 g/mol. The molecule has 2 heterocycles. The molecule has 2 rings (SSSR count). The van der Waals surface area contributed by atoms with Gasteiger partial charge in [-0.25, -0.2) is 0 Å². The van der Waals surface area contributed by atoms with Gasteiger partial charge in [0.05, 0.1) is 25.4 Å². The number of aliphatic hydroxyl groups is 1. The van der Waals surface area contributed by atoms with Crippen molar-refractivity contribution < 1.29 is 19.1 Å². The second-order valence-corrected chi connectivity index (χ2v) is 5.70. The Morgan fingerprint density at radius 1 is 1.38 bits per heavy atom.